The van der Waals surface area contributed by atoms with E-state index in [2.05, 4.69) is 151 Å². The van der Waals surface area contributed by atoms with Crippen LogP contribution in [0.5, 0.6) is 0 Å². The molecule has 2 aromatic heterocycles. The second-order valence-corrected chi connectivity index (χ2v) is 14.4. The Bertz CT molecular complexity index is 2700. The molecular formula is C44H29NS. The maximum absolute atomic E-state index is 2.55. The van der Waals surface area contributed by atoms with Crippen LogP contribution in [0.3, 0.4) is 0 Å². The van der Waals surface area contributed by atoms with E-state index < -0.39 is 5.41 Å². The van der Waals surface area contributed by atoms with Crippen LogP contribution in [0, 0.1) is 5.92 Å². The Labute approximate surface area is 271 Å². The fourth-order valence-electron chi connectivity index (χ4n) is 9.10. The van der Waals surface area contributed by atoms with E-state index >= 15 is 0 Å². The van der Waals surface area contributed by atoms with Gasteiger partial charge in [0.25, 0.3) is 0 Å². The van der Waals surface area contributed by atoms with E-state index in [1.54, 1.807) is 0 Å². The summed E-state index contributed by atoms with van der Waals surface area (Å²) in [6.07, 6.45) is 5.98. The zero-order valence-electron chi connectivity index (χ0n) is 25.4. The standard InChI is InChI=1S/C44H29NS/c1-26-18-20-36-32(22-26)29-10-2-5-13-35(29)44(36)37-14-6-8-16-40(37)45-39-15-7-3-11-30(39)34-24-28(25-38(44)43(34)45)27-19-21-42-33(23-27)31-12-4-9-17-41(31)46-42/h2-21,23-26H,22H2,1H3. The molecule has 2 unspecified atom stereocenters. The minimum absolute atomic E-state index is 0.392. The van der Waals surface area contributed by atoms with E-state index in [0.717, 1.165) is 6.42 Å². The molecule has 2 heteroatoms. The summed E-state index contributed by atoms with van der Waals surface area (Å²) in [6, 6.07) is 48.3. The van der Waals surface area contributed by atoms with E-state index in [4.69, 9.17) is 0 Å². The molecule has 2 atom stereocenters. The SMILES string of the molecule is CC1C=CC2=C(C1)c1ccccc1C21c2ccccc2-n2c3ccccc3c3cc(-c4ccc5sc6ccccc6c5c4)cc1c32. The number of rotatable bonds is 1. The summed E-state index contributed by atoms with van der Waals surface area (Å²) in [5.74, 6) is 0.519. The summed E-state index contributed by atoms with van der Waals surface area (Å²) in [6.45, 7) is 2.35. The predicted octanol–water partition coefficient (Wildman–Crippen LogP) is 11.8. The van der Waals surface area contributed by atoms with Crippen LogP contribution in [0.15, 0.2) is 145 Å². The normalized spacial score (nSPS) is 19.5. The number of benzene rings is 6. The Hall–Kier alpha value is -5.18. The molecule has 2 aliphatic carbocycles. The van der Waals surface area contributed by atoms with Crippen molar-refractivity contribution in [3.8, 4) is 16.8 Å². The van der Waals surface area contributed by atoms with Crippen molar-refractivity contribution in [2.45, 2.75) is 18.8 Å². The van der Waals surface area contributed by atoms with E-state index in [-0.39, 0.29) is 0 Å². The number of allylic oxidation sites excluding steroid dienone is 4. The molecule has 216 valence electrons. The number of nitrogens with zero attached hydrogens (tertiary/aromatic N) is 1. The molecule has 11 rings (SSSR count). The third-order valence-corrected chi connectivity index (χ3v) is 12.1. The summed E-state index contributed by atoms with van der Waals surface area (Å²) < 4.78 is 5.24. The van der Waals surface area contributed by atoms with E-state index in [9.17, 15) is 0 Å². The second-order valence-electron chi connectivity index (χ2n) is 13.3. The van der Waals surface area contributed by atoms with E-state index in [1.165, 1.54) is 92.2 Å². The first-order valence-corrected chi connectivity index (χ1v) is 17.1. The van der Waals surface area contributed by atoms with Crippen LogP contribution in [0.1, 0.15) is 35.6 Å². The van der Waals surface area contributed by atoms with Crippen LogP contribution in [-0.4, -0.2) is 4.57 Å². The first-order valence-electron chi connectivity index (χ1n) is 16.3. The smallest absolute Gasteiger partial charge is 0.0751 e. The number of aromatic nitrogens is 1. The summed E-state index contributed by atoms with van der Waals surface area (Å²) in [5, 5.41) is 5.32. The van der Waals surface area contributed by atoms with Gasteiger partial charge in [-0.2, -0.15) is 0 Å². The maximum atomic E-state index is 2.55. The van der Waals surface area contributed by atoms with Crippen molar-refractivity contribution in [1.82, 2.24) is 4.57 Å². The quantitative estimate of drug-likeness (QED) is 0.176. The second kappa shape index (κ2) is 8.75. The number of para-hydroxylation sites is 2. The van der Waals surface area contributed by atoms with Crippen LogP contribution < -0.4 is 0 Å². The van der Waals surface area contributed by atoms with Gasteiger partial charge in [0, 0.05) is 30.9 Å². The molecule has 3 aliphatic rings. The fraction of sp³-hybridized carbons (Fsp3) is 0.0909. The Morgan fingerprint density at radius 3 is 2.30 bits per heavy atom. The summed E-state index contributed by atoms with van der Waals surface area (Å²) in [5.41, 5.74) is 14.6. The highest BCUT2D eigenvalue weighted by Crippen LogP contribution is 2.62. The lowest BCUT2D eigenvalue weighted by Gasteiger charge is -2.41. The van der Waals surface area contributed by atoms with Crippen molar-refractivity contribution in [3.63, 3.8) is 0 Å². The number of hydrogen-bond acceptors (Lipinski definition) is 1. The van der Waals surface area contributed by atoms with Crippen molar-refractivity contribution < 1.29 is 0 Å². The summed E-state index contributed by atoms with van der Waals surface area (Å²) in [7, 11) is 0. The lowest BCUT2D eigenvalue weighted by Crippen LogP contribution is -2.34. The topological polar surface area (TPSA) is 4.93 Å². The molecule has 0 N–H and O–H groups in total. The zero-order chi connectivity index (χ0) is 30.1. The minimum atomic E-state index is -0.392. The van der Waals surface area contributed by atoms with Gasteiger partial charge in [-0.15, -0.1) is 11.3 Å². The number of thiophene rings is 1. The first kappa shape index (κ1) is 25.1. The van der Waals surface area contributed by atoms with Crippen molar-refractivity contribution in [1.29, 1.82) is 0 Å². The van der Waals surface area contributed by atoms with E-state index in [0.29, 0.717) is 5.92 Å². The molecule has 0 fully saturated rings. The average molecular weight is 604 g/mol. The first-order chi connectivity index (χ1) is 22.7. The van der Waals surface area contributed by atoms with Gasteiger partial charge in [-0.1, -0.05) is 104 Å². The van der Waals surface area contributed by atoms with Gasteiger partial charge in [0.15, 0.2) is 0 Å². The van der Waals surface area contributed by atoms with Gasteiger partial charge in [0.2, 0.25) is 0 Å². The highest BCUT2D eigenvalue weighted by molar-refractivity contribution is 7.25. The van der Waals surface area contributed by atoms with Gasteiger partial charge >= 0.3 is 0 Å². The Balaban J connectivity index is 1.33. The van der Waals surface area contributed by atoms with Gasteiger partial charge in [0.1, 0.15) is 0 Å². The lowest BCUT2D eigenvalue weighted by molar-refractivity contribution is 0.710. The van der Waals surface area contributed by atoms with E-state index in [1.807, 2.05) is 11.3 Å². The lowest BCUT2D eigenvalue weighted by atomic mass is 9.63. The molecule has 0 bridgehead atoms. The van der Waals surface area contributed by atoms with Gasteiger partial charge in [-0.25, -0.2) is 0 Å². The number of fused-ring (bicyclic) bond motifs is 14. The molecule has 0 saturated heterocycles. The summed E-state index contributed by atoms with van der Waals surface area (Å²) >= 11 is 1.89. The van der Waals surface area contributed by atoms with Crippen LogP contribution in [0.4, 0.5) is 0 Å². The zero-order valence-corrected chi connectivity index (χ0v) is 26.2. The molecule has 0 amide bonds. The molecule has 0 radical (unpaired) electrons. The minimum Gasteiger partial charge on any atom is -0.309 e. The monoisotopic (exact) mass is 603 g/mol. The Morgan fingerprint density at radius 2 is 1.37 bits per heavy atom. The molecule has 6 aromatic carbocycles. The van der Waals surface area contributed by atoms with Gasteiger partial charge in [0.05, 0.1) is 22.1 Å². The van der Waals surface area contributed by atoms with Crippen molar-refractivity contribution in [2.24, 2.45) is 5.92 Å². The third kappa shape index (κ3) is 2.97. The third-order valence-electron chi connectivity index (χ3n) is 10.9. The average Bonchev–Trinajstić information content (AvgIpc) is 3.74. The Kier molecular flexibility index (Phi) is 4.77. The van der Waals surface area contributed by atoms with Crippen molar-refractivity contribution in [3.05, 3.63) is 167 Å². The Morgan fingerprint density at radius 1 is 0.630 bits per heavy atom. The molecule has 1 aliphatic heterocycles. The largest absolute Gasteiger partial charge is 0.309 e. The van der Waals surface area contributed by atoms with Crippen LogP contribution in [-0.2, 0) is 5.41 Å². The highest BCUT2D eigenvalue weighted by atomic mass is 32.1. The molecular weight excluding hydrogens is 575 g/mol. The summed E-state index contributed by atoms with van der Waals surface area (Å²) in [4.78, 5) is 0. The molecule has 8 aromatic rings. The molecule has 3 heterocycles. The molecule has 1 nitrogen and oxygen atoms in total. The highest BCUT2D eigenvalue weighted by Gasteiger charge is 2.52. The van der Waals surface area contributed by atoms with Crippen molar-refractivity contribution in [2.75, 3.05) is 0 Å². The molecule has 1 spiro atoms. The van der Waals surface area contributed by atoms with Crippen LogP contribution in [0.25, 0.3) is 64.4 Å². The molecule has 46 heavy (non-hydrogen) atoms. The van der Waals surface area contributed by atoms with Gasteiger partial charge in [-0.3, -0.25) is 0 Å². The van der Waals surface area contributed by atoms with Crippen LogP contribution >= 0.6 is 11.3 Å². The molecule has 0 saturated carbocycles. The van der Waals surface area contributed by atoms with Crippen LogP contribution in [0.2, 0.25) is 0 Å². The number of hydrogen-bond donors (Lipinski definition) is 0. The predicted molar refractivity (Wildman–Crippen MR) is 195 cm³/mol. The van der Waals surface area contributed by atoms with Gasteiger partial charge < -0.3 is 4.57 Å². The van der Waals surface area contributed by atoms with Crippen molar-refractivity contribution >= 4 is 58.9 Å². The maximum Gasteiger partial charge on any atom is 0.0751 e. The fourth-order valence-corrected chi connectivity index (χ4v) is 10.2. The van der Waals surface area contributed by atoms with Gasteiger partial charge in [-0.05, 0) is 99.3 Å².